The van der Waals surface area contributed by atoms with Crippen molar-refractivity contribution in [1.29, 1.82) is 0 Å². The van der Waals surface area contributed by atoms with Gasteiger partial charge < -0.3 is 5.32 Å². The van der Waals surface area contributed by atoms with Crippen molar-refractivity contribution < 1.29 is 8.42 Å². The molecule has 0 amide bonds. The van der Waals surface area contributed by atoms with E-state index in [1.54, 1.807) is 0 Å². The van der Waals surface area contributed by atoms with Crippen molar-refractivity contribution in [3.8, 4) is 0 Å². The Hall–Kier alpha value is -0.000000000000000111. The van der Waals surface area contributed by atoms with Gasteiger partial charge in [-0.2, -0.15) is 0 Å². The first-order chi connectivity index (χ1) is 8.78. The van der Waals surface area contributed by atoms with Gasteiger partial charge in [-0.3, -0.25) is 0 Å². The Kier molecular flexibility index (Phi) is 4.68. The number of hydrogen-bond donors (Lipinski definition) is 1. The fourth-order valence-electron chi connectivity index (χ4n) is 2.19. The highest BCUT2D eigenvalue weighted by atomic mass is 35.6. The van der Waals surface area contributed by atoms with Gasteiger partial charge >= 0.3 is 0 Å². The molecule has 19 heavy (non-hydrogen) atoms. The third kappa shape index (κ3) is 4.23. The summed E-state index contributed by atoms with van der Waals surface area (Å²) < 4.78 is 21.4. The van der Waals surface area contributed by atoms with Gasteiger partial charge in [0.15, 0.2) is 9.84 Å². The van der Waals surface area contributed by atoms with Gasteiger partial charge in [0.2, 0.25) is 3.79 Å². The normalized spacial score (nSPS) is 24.3. The van der Waals surface area contributed by atoms with Crippen LogP contribution >= 0.6 is 34.8 Å². The topological polar surface area (TPSA) is 46.2 Å². The fraction of sp³-hybridized carbons (Fsp3) is 0.500. The largest absolute Gasteiger partial charge is 0.303 e. The van der Waals surface area contributed by atoms with E-state index in [2.05, 4.69) is 5.32 Å². The lowest BCUT2D eigenvalue weighted by Gasteiger charge is -2.28. The molecule has 0 saturated carbocycles. The number of nitrogens with one attached hydrogen (secondary N) is 1. The second kappa shape index (κ2) is 5.78. The second-order valence-electron chi connectivity index (χ2n) is 4.65. The Bertz CT molecular complexity index is 528. The molecular formula is C12H14Cl3NO2S. The highest BCUT2D eigenvalue weighted by Crippen LogP contribution is 2.40. The molecule has 0 unspecified atom stereocenters. The predicted molar refractivity (Wildman–Crippen MR) is 79.7 cm³/mol. The van der Waals surface area contributed by atoms with E-state index in [-0.39, 0.29) is 17.5 Å². The average molecular weight is 343 g/mol. The minimum Gasteiger partial charge on any atom is -0.303 e. The zero-order chi connectivity index (χ0) is 14.1. The van der Waals surface area contributed by atoms with Crippen molar-refractivity contribution in [3.05, 3.63) is 35.9 Å². The first-order valence-electron chi connectivity index (χ1n) is 5.86. The van der Waals surface area contributed by atoms with Gasteiger partial charge in [0, 0.05) is 6.04 Å². The Morgan fingerprint density at radius 3 is 2.32 bits per heavy atom. The van der Waals surface area contributed by atoms with Crippen molar-refractivity contribution in [2.75, 3.05) is 11.5 Å². The van der Waals surface area contributed by atoms with Crippen LogP contribution in [0.25, 0.3) is 0 Å². The molecule has 7 heteroatoms. The fourth-order valence-corrected chi connectivity index (χ4v) is 4.44. The molecule has 2 atom stereocenters. The van der Waals surface area contributed by atoms with Gasteiger partial charge in [-0.15, -0.1) is 0 Å². The molecule has 1 N–H and O–H groups in total. The molecule has 106 valence electrons. The molecule has 1 saturated heterocycles. The molecule has 3 nitrogen and oxygen atoms in total. The van der Waals surface area contributed by atoms with Gasteiger partial charge in [0.05, 0.1) is 17.5 Å². The van der Waals surface area contributed by atoms with Gasteiger partial charge in [-0.1, -0.05) is 65.1 Å². The van der Waals surface area contributed by atoms with Crippen LogP contribution in [0.5, 0.6) is 0 Å². The maximum Gasteiger partial charge on any atom is 0.209 e. The molecule has 1 heterocycles. The third-order valence-corrected chi connectivity index (χ3v) is 5.52. The Balaban J connectivity index is 2.17. The Morgan fingerprint density at radius 2 is 1.84 bits per heavy atom. The summed E-state index contributed by atoms with van der Waals surface area (Å²) in [6, 6.07) is 8.57. The molecule has 0 bridgehead atoms. The molecule has 0 radical (unpaired) electrons. The number of rotatable bonds is 3. The summed E-state index contributed by atoms with van der Waals surface area (Å²) in [5.41, 5.74) is 0.826. The quantitative estimate of drug-likeness (QED) is 0.859. The zero-order valence-electron chi connectivity index (χ0n) is 10.0. The maximum atomic E-state index is 11.5. The zero-order valence-corrected chi connectivity index (χ0v) is 13.1. The van der Waals surface area contributed by atoms with Crippen LogP contribution in [0.1, 0.15) is 18.0 Å². The SMILES string of the molecule is O=S1(=O)CC[C@H](N[C@@H](c2ccccc2)C(Cl)(Cl)Cl)C1. The first kappa shape index (κ1) is 15.4. The van der Waals surface area contributed by atoms with E-state index in [1.807, 2.05) is 30.3 Å². The van der Waals surface area contributed by atoms with Crippen LogP contribution in [0.3, 0.4) is 0 Å². The Labute approximate surface area is 128 Å². The average Bonchev–Trinajstić information content (AvgIpc) is 2.65. The highest BCUT2D eigenvalue weighted by Gasteiger charge is 2.38. The summed E-state index contributed by atoms with van der Waals surface area (Å²) in [7, 11) is -2.96. The van der Waals surface area contributed by atoms with Crippen molar-refractivity contribution in [1.82, 2.24) is 5.32 Å². The summed E-state index contributed by atoms with van der Waals surface area (Å²) in [5, 5.41) is 3.15. The Morgan fingerprint density at radius 1 is 1.21 bits per heavy atom. The molecule has 0 spiro atoms. The van der Waals surface area contributed by atoms with Crippen LogP contribution in [-0.2, 0) is 9.84 Å². The van der Waals surface area contributed by atoms with Crippen LogP contribution in [-0.4, -0.2) is 29.8 Å². The molecular weight excluding hydrogens is 329 g/mol. The summed E-state index contributed by atoms with van der Waals surface area (Å²) in [6.07, 6.45) is 0.548. The number of hydrogen-bond acceptors (Lipinski definition) is 3. The van der Waals surface area contributed by atoms with E-state index in [1.165, 1.54) is 0 Å². The number of alkyl halides is 3. The number of sulfone groups is 1. The monoisotopic (exact) mass is 341 g/mol. The maximum absolute atomic E-state index is 11.5. The number of halogens is 3. The standard InChI is InChI=1S/C12H14Cl3NO2S/c13-12(14,15)11(9-4-2-1-3-5-9)16-10-6-7-19(17,18)8-10/h1-5,10-11,16H,6-8H2/t10-,11-/m0/s1. The first-order valence-corrected chi connectivity index (χ1v) is 8.81. The minimum atomic E-state index is -2.96. The third-order valence-electron chi connectivity index (χ3n) is 3.10. The molecule has 0 aliphatic carbocycles. The van der Waals surface area contributed by atoms with Crippen molar-refractivity contribution >= 4 is 44.6 Å². The van der Waals surface area contributed by atoms with E-state index in [0.29, 0.717) is 6.42 Å². The molecule has 1 aliphatic heterocycles. The van der Waals surface area contributed by atoms with E-state index in [9.17, 15) is 8.42 Å². The van der Waals surface area contributed by atoms with Crippen molar-refractivity contribution in [2.45, 2.75) is 22.3 Å². The van der Waals surface area contributed by atoms with Gasteiger partial charge in [-0.25, -0.2) is 8.42 Å². The van der Waals surface area contributed by atoms with Crippen molar-refractivity contribution in [2.24, 2.45) is 0 Å². The van der Waals surface area contributed by atoms with Crippen LogP contribution < -0.4 is 5.32 Å². The predicted octanol–water partition coefficient (Wildman–Crippen LogP) is 2.87. The van der Waals surface area contributed by atoms with E-state index in [0.717, 1.165) is 5.56 Å². The lowest BCUT2D eigenvalue weighted by Crippen LogP contribution is -2.40. The van der Waals surface area contributed by atoms with E-state index < -0.39 is 19.7 Å². The highest BCUT2D eigenvalue weighted by molar-refractivity contribution is 7.91. The molecule has 1 aromatic rings. The van der Waals surface area contributed by atoms with Crippen LogP contribution in [0.4, 0.5) is 0 Å². The molecule has 1 fully saturated rings. The smallest absolute Gasteiger partial charge is 0.209 e. The second-order valence-corrected chi connectivity index (χ2v) is 9.25. The van der Waals surface area contributed by atoms with Gasteiger partial charge in [0.25, 0.3) is 0 Å². The van der Waals surface area contributed by atoms with Crippen LogP contribution in [0.2, 0.25) is 0 Å². The van der Waals surface area contributed by atoms with Crippen molar-refractivity contribution in [3.63, 3.8) is 0 Å². The van der Waals surface area contributed by atoms with E-state index >= 15 is 0 Å². The summed E-state index contributed by atoms with van der Waals surface area (Å²) in [4.78, 5) is 0. The molecule has 0 aromatic heterocycles. The lowest BCUT2D eigenvalue weighted by atomic mass is 10.1. The van der Waals surface area contributed by atoms with Gasteiger partial charge in [-0.05, 0) is 12.0 Å². The van der Waals surface area contributed by atoms with E-state index in [4.69, 9.17) is 34.8 Å². The summed E-state index contributed by atoms with van der Waals surface area (Å²) >= 11 is 18.0. The molecule has 2 rings (SSSR count). The minimum absolute atomic E-state index is 0.0943. The molecule has 1 aromatic carbocycles. The van der Waals surface area contributed by atoms with Gasteiger partial charge in [0.1, 0.15) is 0 Å². The summed E-state index contributed by atoms with van der Waals surface area (Å²) in [5.74, 6) is 0.281. The van der Waals surface area contributed by atoms with Crippen LogP contribution in [0.15, 0.2) is 30.3 Å². The number of benzene rings is 1. The lowest BCUT2D eigenvalue weighted by molar-refractivity contribution is 0.464. The summed E-state index contributed by atoms with van der Waals surface area (Å²) in [6.45, 7) is 0. The van der Waals surface area contributed by atoms with Crippen LogP contribution in [0, 0.1) is 0 Å². The molecule has 1 aliphatic rings.